The molecule has 0 unspecified atom stereocenters. The number of halogens is 3. The molecule has 1 nitrogen and oxygen atoms in total. The van der Waals surface area contributed by atoms with Crippen molar-refractivity contribution in [3.63, 3.8) is 0 Å². The summed E-state index contributed by atoms with van der Waals surface area (Å²) in [7, 11) is 0. The van der Waals surface area contributed by atoms with Crippen LogP contribution < -0.4 is 4.74 Å². The molecule has 0 aliphatic heterocycles. The lowest BCUT2D eigenvalue weighted by Gasteiger charge is -2.15. The first-order chi connectivity index (χ1) is 12.4. The third-order valence-electron chi connectivity index (χ3n) is 5.06. The molecule has 1 aromatic rings. The summed E-state index contributed by atoms with van der Waals surface area (Å²) >= 11 is 0. The van der Waals surface area contributed by atoms with Gasteiger partial charge >= 0.3 is 0 Å². The van der Waals surface area contributed by atoms with Crippen molar-refractivity contribution in [2.45, 2.75) is 85.0 Å². The Hall–Kier alpha value is -1.19. The zero-order valence-corrected chi connectivity index (χ0v) is 16.6. The summed E-state index contributed by atoms with van der Waals surface area (Å²) in [4.78, 5) is 0. The molecular weight excluding hydrogens is 337 g/mol. The predicted octanol–water partition coefficient (Wildman–Crippen LogP) is 7.68. The summed E-state index contributed by atoms with van der Waals surface area (Å²) in [5.41, 5.74) is 0. The highest BCUT2D eigenvalue weighted by atomic mass is 19.2. The van der Waals surface area contributed by atoms with Crippen LogP contribution in [0, 0.1) is 29.3 Å². The smallest absolute Gasteiger partial charge is 0.194 e. The van der Waals surface area contributed by atoms with E-state index < -0.39 is 17.5 Å². The van der Waals surface area contributed by atoms with E-state index in [1.807, 2.05) is 0 Å². The summed E-state index contributed by atoms with van der Waals surface area (Å²) in [6, 6.07) is 1.61. The third kappa shape index (κ3) is 9.49. The maximum absolute atomic E-state index is 12.5. The molecule has 2 aliphatic carbocycles. The fourth-order valence-corrected chi connectivity index (χ4v) is 3.40. The Bertz CT molecular complexity index is 453. The Balaban J connectivity index is 0.000000207. The van der Waals surface area contributed by atoms with Gasteiger partial charge in [0.05, 0.1) is 6.61 Å². The number of hydrogen-bond acceptors (Lipinski definition) is 1. The molecule has 0 bridgehead atoms. The molecule has 2 saturated carbocycles. The van der Waals surface area contributed by atoms with E-state index in [4.69, 9.17) is 4.74 Å². The van der Waals surface area contributed by atoms with Crippen LogP contribution >= 0.6 is 0 Å². The molecule has 0 saturated heterocycles. The van der Waals surface area contributed by atoms with E-state index in [0.717, 1.165) is 24.0 Å². The second-order valence-electron chi connectivity index (χ2n) is 7.62. The summed E-state index contributed by atoms with van der Waals surface area (Å²) in [5.74, 6) is -1.88. The number of hydrogen-bond donors (Lipinski definition) is 0. The van der Waals surface area contributed by atoms with Gasteiger partial charge in [-0.2, -0.15) is 0 Å². The van der Waals surface area contributed by atoms with E-state index in [-0.39, 0.29) is 12.4 Å². The number of rotatable bonds is 2. The Labute approximate surface area is 157 Å². The minimum absolute atomic E-state index is 0.00565. The van der Waals surface area contributed by atoms with Crippen LogP contribution in [-0.4, -0.2) is 6.61 Å². The highest BCUT2D eigenvalue weighted by Crippen LogP contribution is 2.23. The molecule has 0 radical (unpaired) electrons. The average Bonchev–Trinajstić information content (AvgIpc) is 2.62. The van der Waals surface area contributed by atoms with Crippen molar-refractivity contribution in [1.29, 1.82) is 0 Å². The molecule has 4 heteroatoms. The molecular formula is C22H35F3O. The summed E-state index contributed by atoms with van der Waals surface area (Å²) in [6.07, 6.45) is 14.9. The monoisotopic (exact) mass is 372 g/mol. The van der Waals surface area contributed by atoms with Crippen LogP contribution in [0.4, 0.5) is 13.2 Å². The van der Waals surface area contributed by atoms with Crippen LogP contribution in [0.1, 0.15) is 85.0 Å². The maximum atomic E-state index is 12.5. The SMILES string of the molecule is CC1CCCCC1.CC1CCCCC1.CCOc1cc(F)c(F)c(F)c1. The molecule has 0 amide bonds. The summed E-state index contributed by atoms with van der Waals surface area (Å²) in [6.45, 7) is 6.67. The van der Waals surface area contributed by atoms with Crippen molar-refractivity contribution >= 4 is 0 Å². The van der Waals surface area contributed by atoms with Gasteiger partial charge in [0.15, 0.2) is 17.5 Å². The van der Waals surface area contributed by atoms with Crippen molar-refractivity contribution in [1.82, 2.24) is 0 Å². The normalized spacial score (nSPS) is 18.2. The fourth-order valence-electron chi connectivity index (χ4n) is 3.40. The lowest BCUT2D eigenvalue weighted by atomic mass is 9.91. The van der Waals surface area contributed by atoms with Crippen molar-refractivity contribution in [3.05, 3.63) is 29.6 Å². The lowest BCUT2D eigenvalue weighted by Crippen LogP contribution is -1.99. The molecule has 26 heavy (non-hydrogen) atoms. The van der Waals surface area contributed by atoms with Crippen molar-refractivity contribution in [2.24, 2.45) is 11.8 Å². The maximum Gasteiger partial charge on any atom is 0.194 e. The Morgan fingerprint density at radius 1 is 0.769 bits per heavy atom. The molecule has 0 spiro atoms. The Morgan fingerprint density at radius 2 is 1.15 bits per heavy atom. The van der Waals surface area contributed by atoms with Crippen molar-refractivity contribution in [2.75, 3.05) is 6.61 Å². The largest absolute Gasteiger partial charge is 0.494 e. The van der Waals surface area contributed by atoms with Gasteiger partial charge in [-0.05, 0) is 18.8 Å². The first-order valence-electron chi connectivity index (χ1n) is 10.2. The zero-order chi connectivity index (χ0) is 19.4. The molecule has 2 fully saturated rings. The molecule has 0 aromatic heterocycles. The van der Waals surface area contributed by atoms with E-state index in [1.165, 1.54) is 64.2 Å². The van der Waals surface area contributed by atoms with E-state index in [0.29, 0.717) is 0 Å². The van der Waals surface area contributed by atoms with E-state index in [9.17, 15) is 13.2 Å². The van der Waals surface area contributed by atoms with Crippen LogP contribution in [0.5, 0.6) is 5.75 Å². The fraction of sp³-hybridized carbons (Fsp3) is 0.727. The van der Waals surface area contributed by atoms with Gasteiger partial charge in [0.1, 0.15) is 5.75 Å². The molecule has 150 valence electrons. The second-order valence-corrected chi connectivity index (χ2v) is 7.62. The van der Waals surface area contributed by atoms with Crippen LogP contribution in [0.2, 0.25) is 0 Å². The standard InChI is InChI=1S/C8H7F3O.2C7H14/c1-2-12-5-3-6(9)8(11)7(10)4-5;2*1-7-5-3-2-4-6-7/h3-4H,2H2,1H3;2*7H,2-6H2,1H3. The molecule has 0 N–H and O–H groups in total. The first kappa shape index (κ1) is 22.9. The first-order valence-corrected chi connectivity index (χ1v) is 10.2. The highest BCUT2D eigenvalue weighted by Gasteiger charge is 2.10. The van der Waals surface area contributed by atoms with Gasteiger partial charge in [-0.25, -0.2) is 13.2 Å². The lowest BCUT2D eigenvalue weighted by molar-refractivity contribution is 0.331. The number of benzene rings is 1. The molecule has 0 heterocycles. The van der Waals surface area contributed by atoms with Gasteiger partial charge in [-0.3, -0.25) is 0 Å². The van der Waals surface area contributed by atoms with E-state index in [1.54, 1.807) is 6.92 Å². The molecule has 3 rings (SSSR count). The summed E-state index contributed by atoms with van der Waals surface area (Å²) < 4.78 is 42.1. The van der Waals surface area contributed by atoms with Gasteiger partial charge in [-0.15, -0.1) is 0 Å². The van der Waals surface area contributed by atoms with Crippen LogP contribution in [-0.2, 0) is 0 Å². The van der Waals surface area contributed by atoms with Crippen LogP contribution in [0.15, 0.2) is 12.1 Å². The molecule has 1 aromatic carbocycles. The minimum Gasteiger partial charge on any atom is -0.494 e. The van der Waals surface area contributed by atoms with Crippen molar-refractivity contribution in [3.8, 4) is 5.75 Å². The van der Waals surface area contributed by atoms with Crippen LogP contribution in [0.3, 0.4) is 0 Å². The van der Waals surface area contributed by atoms with Gasteiger partial charge < -0.3 is 4.74 Å². The Kier molecular flexibility index (Phi) is 11.5. The van der Waals surface area contributed by atoms with Gasteiger partial charge in [0, 0.05) is 12.1 Å². The van der Waals surface area contributed by atoms with E-state index in [2.05, 4.69) is 13.8 Å². The third-order valence-corrected chi connectivity index (χ3v) is 5.06. The highest BCUT2D eigenvalue weighted by molar-refractivity contribution is 5.24. The van der Waals surface area contributed by atoms with Crippen molar-refractivity contribution < 1.29 is 17.9 Å². The predicted molar refractivity (Wildman–Crippen MR) is 102 cm³/mol. The Morgan fingerprint density at radius 3 is 1.42 bits per heavy atom. The van der Waals surface area contributed by atoms with E-state index >= 15 is 0 Å². The van der Waals surface area contributed by atoms with Crippen LogP contribution in [0.25, 0.3) is 0 Å². The van der Waals surface area contributed by atoms with Gasteiger partial charge in [-0.1, -0.05) is 78.1 Å². The van der Waals surface area contributed by atoms with Gasteiger partial charge in [0.2, 0.25) is 0 Å². The zero-order valence-electron chi connectivity index (χ0n) is 16.6. The average molecular weight is 373 g/mol. The molecule has 2 aliphatic rings. The number of ether oxygens (including phenoxy) is 1. The summed E-state index contributed by atoms with van der Waals surface area (Å²) in [5, 5.41) is 0. The minimum atomic E-state index is -1.47. The quantitative estimate of drug-likeness (QED) is 0.484. The van der Waals surface area contributed by atoms with Gasteiger partial charge in [0.25, 0.3) is 0 Å². The second kappa shape index (κ2) is 13.1. The molecule has 0 atom stereocenters. The topological polar surface area (TPSA) is 9.23 Å².